The molecule has 0 atom stereocenters. The summed E-state index contributed by atoms with van der Waals surface area (Å²) in [6.45, 7) is 6.19. The molecule has 0 unspecified atom stereocenters. The third-order valence-electron chi connectivity index (χ3n) is 5.91. The molecule has 1 fully saturated rings. The normalized spacial score (nSPS) is 15.0. The molecule has 7 nitrogen and oxygen atoms in total. The molecule has 2 aromatic carbocycles. The third kappa shape index (κ3) is 5.00. The highest BCUT2D eigenvalue weighted by molar-refractivity contribution is 7.89. The van der Waals surface area contributed by atoms with E-state index in [1.807, 2.05) is 0 Å². The molecule has 1 aliphatic rings. The second-order valence-corrected chi connectivity index (χ2v) is 10.9. The Hall–Kier alpha value is -2.62. The minimum Gasteiger partial charge on any atom is -0.497 e. The number of thiazole rings is 1. The van der Waals surface area contributed by atoms with E-state index < -0.39 is 10.0 Å². The summed E-state index contributed by atoms with van der Waals surface area (Å²) >= 11 is 1.61. The Morgan fingerprint density at radius 2 is 1.76 bits per heavy atom. The molecule has 4 rings (SSSR count). The summed E-state index contributed by atoms with van der Waals surface area (Å²) in [7, 11) is -0.672. The van der Waals surface area contributed by atoms with Crippen molar-refractivity contribution in [1.82, 2.24) is 9.29 Å². The van der Waals surface area contributed by atoms with E-state index >= 15 is 0 Å². The van der Waals surface area contributed by atoms with Crippen LogP contribution in [0.3, 0.4) is 0 Å². The zero-order valence-electron chi connectivity index (χ0n) is 19.4. The predicted octanol–water partition coefficient (Wildman–Crippen LogP) is 3.88. The Morgan fingerprint density at radius 3 is 2.45 bits per heavy atom. The van der Waals surface area contributed by atoms with Crippen LogP contribution in [0.2, 0.25) is 0 Å². The van der Waals surface area contributed by atoms with Gasteiger partial charge in [-0.2, -0.15) is 4.31 Å². The number of ether oxygens (including phenoxy) is 2. The molecule has 0 spiro atoms. The summed E-state index contributed by atoms with van der Waals surface area (Å²) in [6.07, 6.45) is 0.801. The highest BCUT2D eigenvalue weighted by Crippen LogP contribution is 2.32. The maximum Gasteiger partial charge on any atom is 0.246 e. The van der Waals surface area contributed by atoms with Crippen molar-refractivity contribution in [3.8, 4) is 11.5 Å². The van der Waals surface area contributed by atoms with Crippen LogP contribution in [0.5, 0.6) is 11.5 Å². The average molecular weight is 488 g/mol. The molecule has 2 heterocycles. The smallest absolute Gasteiger partial charge is 0.246 e. The van der Waals surface area contributed by atoms with Gasteiger partial charge in [0, 0.05) is 44.0 Å². The molecule has 1 saturated heterocycles. The third-order valence-corrected chi connectivity index (χ3v) is 8.80. The van der Waals surface area contributed by atoms with Gasteiger partial charge >= 0.3 is 0 Å². The van der Waals surface area contributed by atoms with Gasteiger partial charge in [0.25, 0.3) is 0 Å². The van der Waals surface area contributed by atoms with Gasteiger partial charge in [-0.05, 0) is 37.1 Å². The van der Waals surface area contributed by atoms with Crippen LogP contribution in [0.4, 0.5) is 5.13 Å². The van der Waals surface area contributed by atoms with Crippen molar-refractivity contribution in [1.29, 1.82) is 0 Å². The number of rotatable bonds is 7. The lowest BCUT2D eigenvalue weighted by Crippen LogP contribution is -2.48. The second kappa shape index (κ2) is 9.70. The Balaban J connectivity index is 1.44. The molecule has 33 heavy (non-hydrogen) atoms. The molecule has 1 aromatic heterocycles. The number of nitrogens with zero attached hydrogens (tertiary/aromatic N) is 3. The summed E-state index contributed by atoms with van der Waals surface area (Å²) < 4.78 is 38.5. The number of methoxy groups -OCH3 is 2. The van der Waals surface area contributed by atoms with Gasteiger partial charge in [-0.1, -0.05) is 23.8 Å². The van der Waals surface area contributed by atoms with E-state index in [4.69, 9.17) is 14.5 Å². The fourth-order valence-electron chi connectivity index (χ4n) is 3.96. The van der Waals surface area contributed by atoms with Crippen LogP contribution in [0.25, 0.3) is 0 Å². The van der Waals surface area contributed by atoms with Gasteiger partial charge in [0.15, 0.2) is 5.13 Å². The SMILES string of the molecule is COc1ccc(S(=O)(=O)N2CCN(c3nc(Cc4cc(C)ccc4C)cs3)CC2)c(OC)c1. The van der Waals surface area contributed by atoms with Gasteiger partial charge in [-0.25, -0.2) is 13.4 Å². The number of benzene rings is 2. The minimum atomic E-state index is -3.67. The van der Waals surface area contributed by atoms with Gasteiger partial charge in [-0.15, -0.1) is 11.3 Å². The first-order valence-corrected chi connectivity index (χ1v) is 13.1. The second-order valence-electron chi connectivity index (χ2n) is 8.14. The lowest BCUT2D eigenvalue weighted by molar-refractivity contribution is 0.370. The Morgan fingerprint density at radius 1 is 1.00 bits per heavy atom. The number of aryl methyl sites for hydroxylation is 2. The first-order valence-electron chi connectivity index (χ1n) is 10.8. The fraction of sp³-hybridized carbons (Fsp3) is 0.375. The monoisotopic (exact) mass is 487 g/mol. The highest BCUT2D eigenvalue weighted by atomic mass is 32.2. The van der Waals surface area contributed by atoms with Crippen molar-refractivity contribution in [3.63, 3.8) is 0 Å². The summed E-state index contributed by atoms with van der Waals surface area (Å²) in [6, 6.07) is 11.3. The lowest BCUT2D eigenvalue weighted by atomic mass is 10.0. The molecule has 0 radical (unpaired) electrons. The molecule has 0 saturated carbocycles. The van der Waals surface area contributed by atoms with Crippen LogP contribution in [-0.4, -0.2) is 58.1 Å². The van der Waals surface area contributed by atoms with Gasteiger partial charge in [0.1, 0.15) is 16.4 Å². The van der Waals surface area contributed by atoms with Gasteiger partial charge in [-0.3, -0.25) is 0 Å². The van der Waals surface area contributed by atoms with Crippen molar-refractivity contribution in [2.24, 2.45) is 0 Å². The zero-order valence-corrected chi connectivity index (χ0v) is 21.0. The first kappa shape index (κ1) is 23.5. The van der Waals surface area contributed by atoms with Crippen LogP contribution >= 0.6 is 11.3 Å². The molecule has 0 aliphatic carbocycles. The molecule has 1 aliphatic heterocycles. The Kier molecular flexibility index (Phi) is 6.92. The Labute approximate surface area is 199 Å². The molecule has 9 heteroatoms. The highest BCUT2D eigenvalue weighted by Gasteiger charge is 2.31. The van der Waals surface area contributed by atoms with Crippen LogP contribution in [0, 0.1) is 13.8 Å². The molecule has 0 bridgehead atoms. The number of hydrogen-bond donors (Lipinski definition) is 0. The molecule has 0 amide bonds. The van der Waals surface area contributed by atoms with E-state index in [0.29, 0.717) is 31.9 Å². The predicted molar refractivity (Wildman–Crippen MR) is 131 cm³/mol. The summed E-state index contributed by atoms with van der Waals surface area (Å²) in [5.74, 6) is 0.837. The van der Waals surface area contributed by atoms with Gasteiger partial charge in [0.2, 0.25) is 10.0 Å². The maximum atomic E-state index is 13.3. The fourth-order valence-corrected chi connectivity index (χ4v) is 6.39. The maximum absolute atomic E-state index is 13.3. The number of hydrogen-bond acceptors (Lipinski definition) is 7. The van der Waals surface area contributed by atoms with Crippen molar-refractivity contribution >= 4 is 26.5 Å². The molecule has 176 valence electrons. The van der Waals surface area contributed by atoms with Crippen LogP contribution < -0.4 is 14.4 Å². The molecule has 3 aromatic rings. The average Bonchev–Trinajstić information content (AvgIpc) is 3.29. The van der Waals surface area contributed by atoms with E-state index in [2.05, 4.69) is 42.3 Å². The van der Waals surface area contributed by atoms with Crippen molar-refractivity contribution in [3.05, 3.63) is 64.2 Å². The standard InChI is InChI=1S/C24H29N3O4S2/c1-17-5-6-18(2)19(13-17)14-20-16-32-24(25-20)26-9-11-27(12-10-26)33(28,29)23-8-7-21(30-3)15-22(23)31-4/h5-8,13,15-16H,9-12,14H2,1-4H3. The topological polar surface area (TPSA) is 72.0 Å². The summed E-state index contributed by atoms with van der Waals surface area (Å²) in [5, 5.41) is 3.04. The number of piperazine rings is 1. The van der Waals surface area contributed by atoms with Crippen LogP contribution in [0.1, 0.15) is 22.4 Å². The van der Waals surface area contributed by atoms with E-state index in [0.717, 1.165) is 17.2 Å². The largest absolute Gasteiger partial charge is 0.497 e. The van der Waals surface area contributed by atoms with E-state index in [-0.39, 0.29) is 10.6 Å². The molecular formula is C24H29N3O4S2. The van der Waals surface area contributed by atoms with Gasteiger partial charge < -0.3 is 14.4 Å². The molecular weight excluding hydrogens is 458 g/mol. The van der Waals surface area contributed by atoms with Crippen LogP contribution in [0.15, 0.2) is 46.7 Å². The number of anilines is 1. The van der Waals surface area contributed by atoms with E-state index in [1.54, 1.807) is 29.5 Å². The first-order chi connectivity index (χ1) is 15.8. The number of aromatic nitrogens is 1. The molecule has 0 N–H and O–H groups in total. The van der Waals surface area contributed by atoms with Crippen molar-refractivity contribution in [2.75, 3.05) is 45.3 Å². The quantitative estimate of drug-likeness (QED) is 0.504. The van der Waals surface area contributed by atoms with Crippen molar-refractivity contribution in [2.45, 2.75) is 25.2 Å². The number of sulfonamides is 1. The van der Waals surface area contributed by atoms with E-state index in [9.17, 15) is 8.42 Å². The summed E-state index contributed by atoms with van der Waals surface area (Å²) in [5.41, 5.74) is 4.85. The lowest BCUT2D eigenvalue weighted by Gasteiger charge is -2.34. The van der Waals surface area contributed by atoms with Crippen LogP contribution in [-0.2, 0) is 16.4 Å². The zero-order chi connectivity index (χ0) is 23.6. The van der Waals surface area contributed by atoms with Gasteiger partial charge in [0.05, 0.1) is 19.9 Å². The van der Waals surface area contributed by atoms with Crippen molar-refractivity contribution < 1.29 is 17.9 Å². The summed E-state index contributed by atoms with van der Waals surface area (Å²) in [4.78, 5) is 7.15. The minimum absolute atomic E-state index is 0.157. The Bertz CT molecular complexity index is 1230. The van der Waals surface area contributed by atoms with E-state index in [1.165, 1.54) is 35.2 Å².